The number of aliphatic hydroxyl groups excluding tert-OH is 1. The number of aliphatic hydroxyl groups is 1. The maximum Gasteiger partial charge on any atom is 0.128 e. The fraction of sp³-hybridized carbons (Fsp3) is 0.385. The molecule has 0 unspecified atom stereocenters. The van der Waals surface area contributed by atoms with Gasteiger partial charge in [-0.1, -0.05) is 17.9 Å². The average molecular weight is 236 g/mol. The quantitative estimate of drug-likeness (QED) is 0.751. The van der Waals surface area contributed by atoms with Crippen LogP contribution < -0.4 is 5.73 Å². The van der Waals surface area contributed by atoms with E-state index in [1.807, 2.05) is 11.9 Å². The second-order valence-electron chi connectivity index (χ2n) is 3.77. The van der Waals surface area contributed by atoms with E-state index in [0.29, 0.717) is 24.2 Å². The Morgan fingerprint density at radius 2 is 2.24 bits per heavy atom. The van der Waals surface area contributed by atoms with E-state index in [0.717, 1.165) is 0 Å². The molecule has 1 aromatic rings. The van der Waals surface area contributed by atoms with Crippen molar-refractivity contribution in [2.75, 3.05) is 26.7 Å². The highest BCUT2D eigenvalue weighted by atomic mass is 19.1. The minimum atomic E-state index is -0.279. The molecule has 0 aromatic heterocycles. The van der Waals surface area contributed by atoms with Gasteiger partial charge in [0.1, 0.15) is 5.82 Å². The van der Waals surface area contributed by atoms with Gasteiger partial charge in [-0.15, -0.1) is 0 Å². The maximum atomic E-state index is 13.7. The standard InChI is InChI=1S/C13H17FN2O/c1-16(7-8-17)10-12-5-4-11(3-2-6-15)9-13(12)14/h4-5,9,17H,6-8,10,15H2,1H3. The fourth-order valence-electron chi connectivity index (χ4n) is 1.45. The van der Waals surface area contributed by atoms with Gasteiger partial charge in [-0.25, -0.2) is 4.39 Å². The van der Waals surface area contributed by atoms with Gasteiger partial charge >= 0.3 is 0 Å². The van der Waals surface area contributed by atoms with Crippen LogP contribution in [0, 0.1) is 17.7 Å². The predicted octanol–water partition coefficient (Wildman–Crippen LogP) is 0.560. The lowest BCUT2D eigenvalue weighted by molar-refractivity contribution is 0.216. The Balaban J connectivity index is 2.75. The molecule has 0 aliphatic heterocycles. The van der Waals surface area contributed by atoms with Crippen LogP contribution >= 0.6 is 0 Å². The van der Waals surface area contributed by atoms with Crippen LogP contribution in [0.25, 0.3) is 0 Å². The molecule has 1 rings (SSSR count). The molecule has 0 heterocycles. The van der Waals surface area contributed by atoms with Crippen molar-refractivity contribution < 1.29 is 9.50 Å². The fourth-order valence-corrected chi connectivity index (χ4v) is 1.45. The zero-order chi connectivity index (χ0) is 12.7. The predicted molar refractivity (Wildman–Crippen MR) is 65.8 cm³/mol. The van der Waals surface area contributed by atoms with Crippen molar-refractivity contribution in [3.05, 3.63) is 35.1 Å². The molecule has 0 aliphatic rings. The summed E-state index contributed by atoms with van der Waals surface area (Å²) in [5.74, 6) is 5.18. The lowest BCUT2D eigenvalue weighted by atomic mass is 10.1. The molecular formula is C13H17FN2O. The van der Waals surface area contributed by atoms with Crippen molar-refractivity contribution in [3.8, 4) is 11.8 Å². The molecule has 4 heteroatoms. The molecule has 0 bridgehead atoms. The summed E-state index contributed by atoms with van der Waals surface area (Å²) in [6.07, 6.45) is 0. The number of nitrogens with zero attached hydrogens (tertiary/aromatic N) is 1. The zero-order valence-electron chi connectivity index (χ0n) is 9.91. The number of halogens is 1. The first kappa shape index (κ1) is 13.7. The molecule has 0 saturated carbocycles. The second kappa shape index (κ2) is 7.02. The number of hydrogen-bond acceptors (Lipinski definition) is 3. The lowest BCUT2D eigenvalue weighted by Crippen LogP contribution is -2.22. The van der Waals surface area contributed by atoms with Crippen LogP contribution in [0.2, 0.25) is 0 Å². The summed E-state index contributed by atoms with van der Waals surface area (Å²) in [6.45, 7) is 1.33. The van der Waals surface area contributed by atoms with Gasteiger partial charge in [-0.05, 0) is 19.2 Å². The van der Waals surface area contributed by atoms with Gasteiger partial charge in [0.05, 0.1) is 13.2 Å². The first-order chi connectivity index (χ1) is 8.17. The Hall–Kier alpha value is -1.41. The summed E-state index contributed by atoms with van der Waals surface area (Å²) in [4.78, 5) is 1.85. The van der Waals surface area contributed by atoms with Gasteiger partial charge < -0.3 is 10.8 Å². The molecule has 17 heavy (non-hydrogen) atoms. The minimum absolute atomic E-state index is 0.0676. The molecule has 0 spiro atoms. The summed E-state index contributed by atoms with van der Waals surface area (Å²) in [5, 5.41) is 8.76. The molecule has 3 nitrogen and oxygen atoms in total. The monoisotopic (exact) mass is 236 g/mol. The summed E-state index contributed by atoms with van der Waals surface area (Å²) < 4.78 is 13.7. The van der Waals surface area contributed by atoms with Crippen molar-refractivity contribution in [2.45, 2.75) is 6.54 Å². The van der Waals surface area contributed by atoms with Gasteiger partial charge in [-0.3, -0.25) is 4.90 Å². The summed E-state index contributed by atoms with van der Waals surface area (Å²) >= 11 is 0. The van der Waals surface area contributed by atoms with Crippen LogP contribution in [0.4, 0.5) is 4.39 Å². The van der Waals surface area contributed by atoms with E-state index < -0.39 is 0 Å². The molecule has 0 saturated heterocycles. The third-order valence-electron chi connectivity index (χ3n) is 2.31. The van der Waals surface area contributed by atoms with E-state index >= 15 is 0 Å². The Morgan fingerprint density at radius 3 is 2.82 bits per heavy atom. The van der Waals surface area contributed by atoms with E-state index in [-0.39, 0.29) is 19.0 Å². The molecule has 0 amide bonds. The van der Waals surface area contributed by atoms with Crippen LogP contribution in [0.3, 0.4) is 0 Å². The minimum Gasteiger partial charge on any atom is -0.395 e. The van der Waals surface area contributed by atoms with Gasteiger partial charge in [0, 0.05) is 24.2 Å². The van der Waals surface area contributed by atoms with E-state index in [4.69, 9.17) is 10.8 Å². The van der Waals surface area contributed by atoms with Gasteiger partial charge in [-0.2, -0.15) is 0 Å². The van der Waals surface area contributed by atoms with Crippen molar-refractivity contribution in [1.82, 2.24) is 4.90 Å². The summed E-state index contributed by atoms with van der Waals surface area (Å²) in [6, 6.07) is 4.89. The number of benzene rings is 1. The van der Waals surface area contributed by atoms with Crippen LogP contribution in [-0.2, 0) is 6.54 Å². The number of nitrogens with two attached hydrogens (primary N) is 1. The van der Waals surface area contributed by atoms with E-state index in [1.54, 1.807) is 12.1 Å². The van der Waals surface area contributed by atoms with Crippen LogP contribution in [0.15, 0.2) is 18.2 Å². The van der Waals surface area contributed by atoms with Gasteiger partial charge in [0.15, 0.2) is 0 Å². The SMILES string of the molecule is CN(CCO)Cc1ccc(C#CCN)cc1F. The largest absolute Gasteiger partial charge is 0.395 e. The Kier molecular flexibility index (Phi) is 5.64. The molecule has 0 radical (unpaired) electrons. The maximum absolute atomic E-state index is 13.7. The number of rotatable bonds is 4. The highest BCUT2D eigenvalue weighted by Crippen LogP contribution is 2.11. The molecule has 92 valence electrons. The third-order valence-corrected chi connectivity index (χ3v) is 2.31. The third kappa shape index (κ3) is 4.53. The van der Waals surface area contributed by atoms with Crippen molar-refractivity contribution >= 4 is 0 Å². The first-order valence-corrected chi connectivity index (χ1v) is 5.44. The molecule has 1 aromatic carbocycles. The summed E-state index contributed by atoms with van der Waals surface area (Å²) in [5.41, 5.74) is 6.47. The zero-order valence-corrected chi connectivity index (χ0v) is 9.91. The smallest absolute Gasteiger partial charge is 0.128 e. The lowest BCUT2D eigenvalue weighted by Gasteiger charge is -2.15. The number of likely N-dealkylation sites (N-methyl/N-ethyl adjacent to an activating group) is 1. The van der Waals surface area contributed by atoms with Gasteiger partial charge in [0.2, 0.25) is 0 Å². The average Bonchev–Trinajstić information content (AvgIpc) is 2.30. The molecule has 0 aliphatic carbocycles. The van der Waals surface area contributed by atoms with Crippen molar-refractivity contribution in [3.63, 3.8) is 0 Å². The van der Waals surface area contributed by atoms with Crippen molar-refractivity contribution in [2.24, 2.45) is 5.73 Å². The number of hydrogen-bond donors (Lipinski definition) is 2. The van der Waals surface area contributed by atoms with Crippen LogP contribution in [0.1, 0.15) is 11.1 Å². The molecule has 3 N–H and O–H groups in total. The first-order valence-electron chi connectivity index (χ1n) is 5.44. The van der Waals surface area contributed by atoms with Crippen molar-refractivity contribution in [1.29, 1.82) is 0 Å². The summed E-state index contributed by atoms with van der Waals surface area (Å²) in [7, 11) is 1.83. The van der Waals surface area contributed by atoms with Crippen LogP contribution in [0.5, 0.6) is 0 Å². The molecule has 0 atom stereocenters. The van der Waals surface area contributed by atoms with Crippen LogP contribution in [-0.4, -0.2) is 36.8 Å². The van der Waals surface area contributed by atoms with E-state index in [2.05, 4.69) is 11.8 Å². The Morgan fingerprint density at radius 1 is 1.47 bits per heavy atom. The Labute approximate surface area is 101 Å². The van der Waals surface area contributed by atoms with E-state index in [9.17, 15) is 4.39 Å². The molecular weight excluding hydrogens is 219 g/mol. The highest BCUT2D eigenvalue weighted by molar-refractivity contribution is 5.37. The topological polar surface area (TPSA) is 49.5 Å². The molecule has 0 fully saturated rings. The Bertz CT molecular complexity index is 423. The highest BCUT2D eigenvalue weighted by Gasteiger charge is 2.05. The normalized spacial score (nSPS) is 10.2. The second-order valence-corrected chi connectivity index (χ2v) is 3.77. The van der Waals surface area contributed by atoms with Gasteiger partial charge in [0.25, 0.3) is 0 Å². The van der Waals surface area contributed by atoms with E-state index in [1.165, 1.54) is 6.07 Å².